The molecule has 0 saturated heterocycles. The Morgan fingerprint density at radius 2 is 1.47 bits per heavy atom. The summed E-state index contributed by atoms with van der Waals surface area (Å²) in [5.41, 5.74) is 2.60. The second kappa shape index (κ2) is 11.2. The van der Waals surface area contributed by atoms with E-state index in [1.165, 1.54) is 0 Å². The van der Waals surface area contributed by atoms with Crippen LogP contribution in [0.25, 0.3) is 0 Å². The van der Waals surface area contributed by atoms with E-state index in [-0.39, 0.29) is 11.9 Å². The molecule has 1 amide bonds. The number of benzene rings is 3. The quantitative estimate of drug-likeness (QED) is 0.515. The molecule has 3 aromatic rings. The lowest BCUT2D eigenvalue weighted by Gasteiger charge is -2.25. The number of amides is 1. The third-order valence-corrected chi connectivity index (χ3v) is 5.21. The lowest BCUT2D eigenvalue weighted by molar-refractivity contribution is 0.0941. The Balaban J connectivity index is 1.76. The molecular weight excluding hydrogens is 404 g/mol. The van der Waals surface area contributed by atoms with Crippen LogP contribution in [-0.4, -0.2) is 45.7 Å². The topological polar surface area (TPSA) is 60.0 Å². The fraction of sp³-hybridized carbons (Fsp3) is 0.269. The molecule has 32 heavy (non-hydrogen) atoms. The van der Waals surface area contributed by atoms with Gasteiger partial charge in [-0.3, -0.25) is 4.79 Å². The largest absolute Gasteiger partial charge is 0.493 e. The summed E-state index contributed by atoms with van der Waals surface area (Å²) in [6.07, 6.45) is 0. The monoisotopic (exact) mass is 434 g/mol. The van der Waals surface area contributed by atoms with Crippen molar-refractivity contribution >= 4 is 5.91 Å². The fourth-order valence-corrected chi connectivity index (χ4v) is 3.45. The number of ether oxygens (including phenoxy) is 3. The molecule has 0 unspecified atom stereocenters. The molecule has 6 heteroatoms. The van der Waals surface area contributed by atoms with Gasteiger partial charge in [-0.1, -0.05) is 60.7 Å². The number of rotatable bonds is 10. The predicted molar refractivity (Wildman–Crippen MR) is 126 cm³/mol. The number of nitrogens with one attached hydrogen (secondary N) is 1. The lowest BCUT2D eigenvalue weighted by Crippen LogP contribution is -2.34. The average Bonchev–Trinajstić information content (AvgIpc) is 2.83. The maximum Gasteiger partial charge on any atom is 0.251 e. The van der Waals surface area contributed by atoms with Crippen molar-refractivity contribution in [1.29, 1.82) is 0 Å². The molecule has 1 atom stereocenters. The molecular formula is C26H30N2O4. The van der Waals surface area contributed by atoms with Gasteiger partial charge in [0.25, 0.3) is 5.91 Å². The van der Waals surface area contributed by atoms with Gasteiger partial charge < -0.3 is 24.4 Å². The van der Waals surface area contributed by atoms with Crippen LogP contribution in [0, 0.1) is 0 Å². The second-order valence-electron chi connectivity index (χ2n) is 7.58. The number of nitrogens with zero attached hydrogens (tertiary/aromatic N) is 1. The minimum atomic E-state index is -0.209. The Morgan fingerprint density at radius 3 is 2.00 bits per heavy atom. The molecule has 6 nitrogen and oxygen atoms in total. The zero-order chi connectivity index (χ0) is 22.9. The minimum absolute atomic E-state index is 0.0532. The van der Waals surface area contributed by atoms with Crippen molar-refractivity contribution < 1.29 is 19.0 Å². The van der Waals surface area contributed by atoms with E-state index in [0.29, 0.717) is 36.0 Å². The maximum atomic E-state index is 12.9. The zero-order valence-electron chi connectivity index (χ0n) is 19.0. The van der Waals surface area contributed by atoms with Gasteiger partial charge in [0, 0.05) is 12.1 Å². The summed E-state index contributed by atoms with van der Waals surface area (Å²) in [4.78, 5) is 15.0. The fourth-order valence-electron chi connectivity index (χ4n) is 3.45. The second-order valence-corrected chi connectivity index (χ2v) is 7.58. The van der Waals surface area contributed by atoms with Gasteiger partial charge in [-0.15, -0.1) is 0 Å². The maximum absolute atomic E-state index is 12.9. The first-order valence-corrected chi connectivity index (χ1v) is 10.5. The van der Waals surface area contributed by atoms with Crippen LogP contribution in [0.15, 0.2) is 72.8 Å². The van der Waals surface area contributed by atoms with E-state index in [2.05, 4.69) is 22.3 Å². The highest BCUT2D eigenvalue weighted by atomic mass is 16.5. The third kappa shape index (κ3) is 5.80. The third-order valence-electron chi connectivity index (χ3n) is 5.21. The standard InChI is InChI=1S/C26H30N2O4/c1-28(2)22(20-13-9-6-10-14-20)17-27-26(29)21-15-23(30-3)25(24(16-21)31-4)32-18-19-11-7-5-8-12-19/h5-16,22H,17-18H2,1-4H3,(H,27,29)/t22-/m0/s1. The van der Waals surface area contributed by atoms with Gasteiger partial charge >= 0.3 is 0 Å². The van der Waals surface area contributed by atoms with Crippen LogP contribution in [0.4, 0.5) is 0 Å². The first-order valence-electron chi connectivity index (χ1n) is 10.5. The van der Waals surface area contributed by atoms with Crippen molar-refractivity contribution in [2.45, 2.75) is 12.6 Å². The Kier molecular flexibility index (Phi) is 8.11. The molecule has 0 aliphatic heterocycles. The SMILES string of the molecule is COc1cc(C(=O)NC[C@@H](c2ccccc2)N(C)C)cc(OC)c1OCc1ccccc1. The molecule has 3 aromatic carbocycles. The van der Waals surface area contributed by atoms with Gasteiger partial charge in [-0.2, -0.15) is 0 Å². The van der Waals surface area contributed by atoms with Crippen LogP contribution in [0.3, 0.4) is 0 Å². The predicted octanol–water partition coefficient (Wildman–Crippen LogP) is 4.32. The van der Waals surface area contributed by atoms with Crippen LogP contribution >= 0.6 is 0 Å². The average molecular weight is 435 g/mol. The molecule has 0 saturated carbocycles. The van der Waals surface area contributed by atoms with E-state index in [1.54, 1.807) is 26.4 Å². The minimum Gasteiger partial charge on any atom is -0.493 e. The molecule has 1 N–H and O–H groups in total. The van der Waals surface area contributed by atoms with E-state index in [0.717, 1.165) is 11.1 Å². The van der Waals surface area contributed by atoms with Gasteiger partial charge in [0.15, 0.2) is 11.5 Å². The van der Waals surface area contributed by atoms with Crippen LogP contribution in [-0.2, 0) is 6.61 Å². The summed E-state index contributed by atoms with van der Waals surface area (Å²) in [5.74, 6) is 1.14. The number of likely N-dealkylation sites (N-methyl/N-ethyl adjacent to an activating group) is 1. The van der Waals surface area contributed by atoms with Crippen molar-refractivity contribution in [2.24, 2.45) is 0 Å². The van der Waals surface area contributed by atoms with Gasteiger partial charge in [-0.25, -0.2) is 0 Å². The van der Waals surface area contributed by atoms with E-state index in [9.17, 15) is 4.79 Å². The van der Waals surface area contributed by atoms with Gasteiger partial charge in [0.2, 0.25) is 5.75 Å². The Hall–Kier alpha value is -3.51. The van der Waals surface area contributed by atoms with E-state index >= 15 is 0 Å². The van der Waals surface area contributed by atoms with E-state index in [1.807, 2.05) is 62.6 Å². The first-order chi connectivity index (χ1) is 15.5. The van der Waals surface area contributed by atoms with Gasteiger partial charge in [0.1, 0.15) is 6.61 Å². The van der Waals surface area contributed by atoms with Crippen molar-refractivity contribution in [1.82, 2.24) is 10.2 Å². The first kappa shape index (κ1) is 23.2. The number of hydrogen-bond donors (Lipinski definition) is 1. The summed E-state index contributed by atoms with van der Waals surface area (Å²) in [6.45, 7) is 0.827. The zero-order valence-corrected chi connectivity index (χ0v) is 19.0. The van der Waals surface area contributed by atoms with Crippen LogP contribution in [0.2, 0.25) is 0 Å². The Morgan fingerprint density at radius 1 is 0.906 bits per heavy atom. The molecule has 0 spiro atoms. The smallest absolute Gasteiger partial charge is 0.251 e. The van der Waals surface area contributed by atoms with Gasteiger partial charge in [0.05, 0.1) is 20.3 Å². The molecule has 3 rings (SSSR count). The Bertz CT molecular complexity index is 982. The van der Waals surface area contributed by atoms with Crippen LogP contribution in [0.5, 0.6) is 17.2 Å². The number of hydrogen-bond acceptors (Lipinski definition) is 5. The highest BCUT2D eigenvalue weighted by molar-refractivity contribution is 5.95. The number of carbonyl (C=O) groups is 1. The summed E-state index contributed by atoms with van der Waals surface area (Å²) < 4.78 is 17.0. The van der Waals surface area contributed by atoms with Crippen LogP contribution in [0.1, 0.15) is 27.5 Å². The molecule has 0 heterocycles. The molecule has 0 radical (unpaired) electrons. The molecule has 0 aliphatic carbocycles. The highest BCUT2D eigenvalue weighted by Crippen LogP contribution is 2.39. The Labute approximate surface area is 189 Å². The van der Waals surface area contributed by atoms with E-state index < -0.39 is 0 Å². The molecule has 0 bridgehead atoms. The summed E-state index contributed by atoms with van der Waals surface area (Å²) in [7, 11) is 7.08. The molecule has 0 fully saturated rings. The summed E-state index contributed by atoms with van der Waals surface area (Å²) in [5, 5.41) is 3.03. The lowest BCUT2D eigenvalue weighted by atomic mass is 10.1. The van der Waals surface area contributed by atoms with Gasteiger partial charge in [-0.05, 0) is 37.4 Å². The normalized spacial score (nSPS) is 11.7. The van der Waals surface area contributed by atoms with Crippen molar-refractivity contribution in [3.05, 3.63) is 89.5 Å². The summed E-state index contributed by atoms with van der Waals surface area (Å²) in [6, 6.07) is 23.3. The highest BCUT2D eigenvalue weighted by Gasteiger charge is 2.20. The van der Waals surface area contributed by atoms with Crippen LogP contribution < -0.4 is 19.5 Å². The van der Waals surface area contributed by atoms with Crippen molar-refractivity contribution in [3.63, 3.8) is 0 Å². The molecule has 168 valence electrons. The molecule has 0 aromatic heterocycles. The van der Waals surface area contributed by atoms with Crippen molar-refractivity contribution in [2.75, 3.05) is 34.9 Å². The van der Waals surface area contributed by atoms with E-state index in [4.69, 9.17) is 14.2 Å². The van der Waals surface area contributed by atoms with Crippen molar-refractivity contribution in [3.8, 4) is 17.2 Å². The number of carbonyl (C=O) groups excluding carboxylic acids is 1. The number of methoxy groups -OCH3 is 2. The summed E-state index contributed by atoms with van der Waals surface area (Å²) >= 11 is 0. The molecule has 0 aliphatic rings.